The van der Waals surface area contributed by atoms with Crippen LogP contribution in [0.15, 0.2) is 30.3 Å². The van der Waals surface area contributed by atoms with E-state index in [1.54, 1.807) is 0 Å². The summed E-state index contributed by atoms with van der Waals surface area (Å²) in [5.41, 5.74) is 2.93. The van der Waals surface area contributed by atoms with Crippen molar-refractivity contribution >= 4 is 11.8 Å². The molecule has 0 unspecified atom stereocenters. The molecule has 2 amide bonds. The molecule has 5 nitrogen and oxygen atoms in total. The highest BCUT2D eigenvalue weighted by atomic mass is 16.2. The molecule has 0 aliphatic heterocycles. The largest absolute Gasteiger partial charge is 0.334 e. The molecule has 1 heterocycles. The fourth-order valence-corrected chi connectivity index (χ4v) is 2.40. The first-order valence-corrected chi connectivity index (χ1v) is 8.68. The molecule has 2 aromatic rings. The predicted octanol–water partition coefficient (Wildman–Crippen LogP) is 4.57. The van der Waals surface area contributed by atoms with Crippen molar-refractivity contribution in [3.8, 4) is 0 Å². The number of amides is 2. The number of nitrogens with one attached hydrogen (secondary N) is 2. The number of nitrogens with zero attached hydrogens (tertiary/aromatic N) is 2. The van der Waals surface area contributed by atoms with Crippen LogP contribution in [-0.2, 0) is 17.5 Å². The van der Waals surface area contributed by atoms with Gasteiger partial charge in [0.05, 0.1) is 11.2 Å². The fraction of sp³-hybridized carbons (Fsp3) is 0.500. The van der Waals surface area contributed by atoms with Gasteiger partial charge in [-0.05, 0) is 33.3 Å². The molecule has 0 saturated heterocycles. The standard InChI is InChI=1S/C20H30N4O/c1-14-8-10-15(11-9-14)13-21-18(25)22-17-12-16(19(2,3)4)23-24(17)20(5,6)7/h8-12H,13H2,1-7H3,(H2,21,22,25). The Kier molecular flexibility index (Phi) is 5.26. The summed E-state index contributed by atoms with van der Waals surface area (Å²) in [5.74, 6) is 0.707. The number of carbonyl (C=O) groups is 1. The quantitative estimate of drug-likeness (QED) is 0.858. The Bertz CT molecular complexity index is 731. The normalized spacial score (nSPS) is 12.1. The van der Waals surface area contributed by atoms with E-state index in [9.17, 15) is 4.79 Å². The van der Waals surface area contributed by atoms with Gasteiger partial charge in [-0.3, -0.25) is 5.32 Å². The minimum Gasteiger partial charge on any atom is -0.334 e. The molecule has 2 N–H and O–H groups in total. The molecule has 0 aliphatic rings. The van der Waals surface area contributed by atoms with E-state index in [1.165, 1.54) is 5.56 Å². The van der Waals surface area contributed by atoms with E-state index in [0.717, 1.165) is 11.3 Å². The Labute approximate surface area is 150 Å². The second-order valence-corrected chi connectivity index (χ2v) is 8.54. The molecule has 0 bridgehead atoms. The molecule has 0 spiro atoms. The van der Waals surface area contributed by atoms with Gasteiger partial charge >= 0.3 is 6.03 Å². The summed E-state index contributed by atoms with van der Waals surface area (Å²) in [7, 11) is 0. The first-order chi connectivity index (χ1) is 11.5. The summed E-state index contributed by atoms with van der Waals surface area (Å²) in [4.78, 5) is 12.3. The maximum absolute atomic E-state index is 12.3. The first kappa shape index (κ1) is 19.0. The van der Waals surface area contributed by atoms with Crippen molar-refractivity contribution in [2.75, 3.05) is 5.32 Å². The molecule has 5 heteroatoms. The maximum Gasteiger partial charge on any atom is 0.320 e. The third-order valence-electron chi connectivity index (χ3n) is 3.93. The predicted molar refractivity (Wildman–Crippen MR) is 103 cm³/mol. The van der Waals surface area contributed by atoms with Gasteiger partial charge in [-0.25, -0.2) is 9.48 Å². The Morgan fingerprint density at radius 2 is 1.68 bits per heavy atom. The van der Waals surface area contributed by atoms with Crippen LogP contribution in [0.3, 0.4) is 0 Å². The van der Waals surface area contributed by atoms with Gasteiger partial charge in [0.25, 0.3) is 0 Å². The van der Waals surface area contributed by atoms with Crippen LogP contribution < -0.4 is 10.6 Å². The Morgan fingerprint density at radius 3 is 2.20 bits per heavy atom. The van der Waals surface area contributed by atoms with Gasteiger partial charge in [-0.15, -0.1) is 0 Å². The van der Waals surface area contributed by atoms with E-state index in [1.807, 2.05) is 41.9 Å². The number of rotatable bonds is 3. The van der Waals surface area contributed by atoms with Crippen molar-refractivity contribution in [3.05, 3.63) is 47.2 Å². The number of hydrogen-bond acceptors (Lipinski definition) is 2. The molecule has 0 atom stereocenters. The number of carbonyl (C=O) groups excluding carboxylic acids is 1. The van der Waals surface area contributed by atoms with E-state index < -0.39 is 0 Å². The number of benzene rings is 1. The molecular formula is C20H30N4O. The minimum absolute atomic E-state index is 0.0781. The second-order valence-electron chi connectivity index (χ2n) is 8.54. The summed E-state index contributed by atoms with van der Waals surface area (Å²) in [5, 5.41) is 10.6. The average molecular weight is 342 g/mol. The SMILES string of the molecule is Cc1ccc(CNC(=O)Nc2cc(C(C)(C)C)nn2C(C)(C)C)cc1. The first-order valence-electron chi connectivity index (χ1n) is 8.68. The van der Waals surface area contributed by atoms with Gasteiger partial charge in [0.15, 0.2) is 0 Å². The minimum atomic E-state index is -0.230. The van der Waals surface area contributed by atoms with Crippen LogP contribution in [-0.4, -0.2) is 15.8 Å². The van der Waals surface area contributed by atoms with Gasteiger partial charge in [-0.2, -0.15) is 5.10 Å². The van der Waals surface area contributed by atoms with Crippen molar-refractivity contribution in [2.45, 2.75) is 66.0 Å². The van der Waals surface area contributed by atoms with Crippen LogP contribution in [0.4, 0.5) is 10.6 Å². The van der Waals surface area contributed by atoms with Crippen LogP contribution in [0.5, 0.6) is 0 Å². The molecule has 1 aromatic heterocycles. The summed E-state index contributed by atoms with van der Waals surface area (Å²) in [6, 6.07) is 9.85. The molecule has 1 aromatic carbocycles. The van der Waals surface area contributed by atoms with Gasteiger partial charge in [0.2, 0.25) is 0 Å². The van der Waals surface area contributed by atoms with Gasteiger partial charge in [0.1, 0.15) is 5.82 Å². The Hall–Kier alpha value is -2.30. The second kappa shape index (κ2) is 6.90. The molecule has 0 aliphatic carbocycles. The summed E-state index contributed by atoms with van der Waals surface area (Å²) in [6.45, 7) is 15.1. The zero-order valence-corrected chi connectivity index (χ0v) is 16.4. The van der Waals surface area contributed by atoms with Gasteiger partial charge < -0.3 is 5.32 Å². The lowest BCUT2D eigenvalue weighted by Crippen LogP contribution is -2.32. The fourth-order valence-electron chi connectivity index (χ4n) is 2.40. The lowest BCUT2D eigenvalue weighted by Gasteiger charge is -2.23. The lowest BCUT2D eigenvalue weighted by atomic mass is 9.92. The molecule has 0 saturated carbocycles. The smallest absolute Gasteiger partial charge is 0.320 e. The monoisotopic (exact) mass is 342 g/mol. The third-order valence-corrected chi connectivity index (χ3v) is 3.93. The molecule has 2 rings (SSSR count). The van der Waals surface area contributed by atoms with Crippen molar-refractivity contribution in [1.29, 1.82) is 0 Å². The summed E-state index contributed by atoms with van der Waals surface area (Å²) in [6.07, 6.45) is 0. The number of urea groups is 1. The molecule has 0 radical (unpaired) electrons. The number of anilines is 1. The highest BCUT2D eigenvalue weighted by molar-refractivity contribution is 5.88. The molecular weight excluding hydrogens is 312 g/mol. The van der Waals surface area contributed by atoms with Crippen molar-refractivity contribution < 1.29 is 4.79 Å². The molecule has 136 valence electrons. The van der Waals surface area contributed by atoms with E-state index in [-0.39, 0.29) is 17.0 Å². The zero-order chi connectivity index (χ0) is 18.8. The van der Waals surface area contributed by atoms with E-state index in [4.69, 9.17) is 5.10 Å². The van der Waals surface area contributed by atoms with Crippen molar-refractivity contribution in [3.63, 3.8) is 0 Å². The third kappa shape index (κ3) is 5.08. The van der Waals surface area contributed by atoms with Crippen LogP contribution in [0.2, 0.25) is 0 Å². The van der Waals surface area contributed by atoms with E-state index >= 15 is 0 Å². The topological polar surface area (TPSA) is 59.0 Å². The van der Waals surface area contributed by atoms with Crippen LogP contribution >= 0.6 is 0 Å². The van der Waals surface area contributed by atoms with Crippen LogP contribution in [0.1, 0.15) is 58.4 Å². The Balaban J connectivity index is 2.11. The van der Waals surface area contributed by atoms with Crippen molar-refractivity contribution in [2.24, 2.45) is 0 Å². The number of aryl methyl sites for hydroxylation is 1. The molecule has 25 heavy (non-hydrogen) atoms. The Morgan fingerprint density at radius 1 is 1.08 bits per heavy atom. The number of aromatic nitrogens is 2. The maximum atomic E-state index is 12.3. The average Bonchev–Trinajstić information content (AvgIpc) is 2.91. The van der Waals surface area contributed by atoms with Crippen molar-refractivity contribution in [1.82, 2.24) is 15.1 Å². The van der Waals surface area contributed by atoms with E-state index in [0.29, 0.717) is 12.4 Å². The number of hydrogen-bond donors (Lipinski definition) is 2. The highest BCUT2D eigenvalue weighted by Gasteiger charge is 2.25. The van der Waals surface area contributed by atoms with Gasteiger partial charge in [-0.1, -0.05) is 50.6 Å². The van der Waals surface area contributed by atoms with E-state index in [2.05, 4.69) is 52.2 Å². The summed E-state index contributed by atoms with van der Waals surface area (Å²) < 4.78 is 1.87. The van der Waals surface area contributed by atoms with Gasteiger partial charge in [0, 0.05) is 18.0 Å². The summed E-state index contributed by atoms with van der Waals surface area (Å²) >= 11 is 0. The lowest BCUT2D eigenvalue weighted by molar-refractivity contribution is 0.251. The highest BCUT2D eigenvalue weighted by Crippen LogP contribution is 2.28. The van der Waals surface area contributed by atoms with Crippen LogP contribution in [0, 0.1) is 6.92 Å². The zero-order valence-electron chi connectivity index (χ0n) is 16.4. The molecule has 0 fully saturated rings. The van der Waals surface area contributed by atoms with Crippen LogP contribution in [0.25, 0.3) is 0 Å².